The predicted molar refractivity (Wildman–Crippen MR) is 222 cm³/mol. The van der Waals surface area contributed by atoms with Crippen molar-refractivity contribution >= 4 is 50.0 Å². The van der Waals surface area contributed by atoms with Gasteiger partial charge in [-0.25, -0.2) is 9.56 Å². The van der Waals surface area contributed by atoms with E-state index in [1.54, 1.807) is 0 Å². The number of fused-ring (bicyclic) bond motifs is 2. The molecule has 0 saturated carbocycles. The third-order valence-corrected chi connectivity index (χ3v) is 9.63. The minimum Gasteiger partial charge on any atom is -0.399 e. The number of hydrogen-bond acceptors (Lipinski definition) is 7. The molecular formula is C41H62N7S+. The monoisotopic (exact) mass is 684 g/mol. The van der Waals surface area contributed by atoms with Gasteiger partial charge in [0, 0.05) is 82.9 Å². The smallest absolute Gasteiger partial charge is 0.201 e. The number of nitrogen functional groups attached to an aromatic ring is 2. The topological polar surface area (TPSA) is 77.7 Å². The summed E-state index contributed by atoms with van der Waals surface area (Å²) in [5.41, 5.74) is 24.4. The van der Waals surface area contributed by atoms with Crippen LogP contribution in [-0.4, -0.2) is 61.4 Å². The minimum atomic E-state index is 0. The fourth-order valence-electron chi connectivity index (χ4n) is 5.35. The Morgan fingerprint density at radius 3 is 1.45 bits per heavy atom. The van der Waals surface area contributed by atoms with Gasteiger partial charge in [0.25, 0.3) is 0 Å². The second-order valence-electron chi connectivity index (χ2n) is 12.9. The third-order valence-electron chi connectivity index (χ3n) is 8.56. The molecule has 0 fully saturated rings. The number of aromatic nitrogens is 1. The number of hydrogen-bond donors (Lipinski definition) is 2. The average Bonchev–Trinajstić information content (AvgIpc) is 3.06. The molecule has 0 spiro atoms. The highest BCUT2D eigenvalue weighted by atomic mass is 32.1. The molecule has 0 bridgehead atoms. The number of rotatable bonds is 7. The number of anilines is 5. The van der Waals surface area contributed by atoms with Crippen LogP contribution in [0.4, 0.5) is 28.4 Å². The summed E-state index contributed by atoms with van der Waals surface area (Å²) in [5.74, 6) is 0. The highest BCUT2D eigenvalue weighted by Crippen LogP contribution is 2.35. The van der Waals surface area contributed by atoms with Crippen molar-refractivity contribution in [3.63, 3.8) is 0 Å². The van der Waals surface area contributed by atoms with Crippen molar-refractivity contribution in [1.82, 2.24) is 9.56 Å². The van der Waals surface area contributed by atoms with Crippen molar-refractivity contribution in [3.8, 4) is 10.6 Å². The van der Waals surface area contributed by atoms with Crippen LogP contribution >= 0.6 is 11.3 Å². The van der Waals surface area contributed by atoms with E-state index >= 15 is 0 Å². The van der Waals surface area contributed by atoms with Crippen molar-refractivity contribution in [1.29, 1.82) is 0 Å². The zero-order chi connectivity index (χ0) is 35.7. The Morgan fingerprint density at radius 1 is 0.592 bits per heavy atom. The van der Waals surface area contributed by atoms with Crippen LogP contribution < -0.4 is 36.1 Å². The van der Waals surface area contributed by atoms with Gasteiger partial charge in [0.05, 0.1) is 20.8 Å². The fourth-order valence-corrected chi connectivity index (χ4v) is 6.49. The first-order chi connectivity index (χ1) is 22.7. The molecule has 0 radical (unpaired) electrons. The molecule has 8 heteroatoms. The molecule has 5 rings (SSSR count). The van der Waals surface area contributed by atoms with E-state index in [1.165, 1.54) is 54.3 Å². The summed E-state index contributed by atoms with van der Waals surface area (Å²) in [5, 5.41) is 1.25. The highest BCUT2D eigenvalue weighted by molar-refractivity contribution is 7.21. The van der Waals surface area contributed by atoms with Crippen molar-refractivity contribution in [3.05, 3.63) is 88.3 Å². The van der Waals surface area contributed by atoms with Gasteiger partial charge < -0.3 is 26.2 Å². The molecule has 1 aliphatic carbocycles. The predicted octanol–water partition coefficient (Wildman–Crippen LogP) is 8.05. The van der Waals surface area contributed by atoms with E-state index in [1.807, 2.05) is 63.8 Å². The first-order valence-corrected chi connectivity index (χ1v) is 17.7. The largest absolute Gasteiger partial charge is 0.399 e. The molecule has 1 heterocycles. The summed E-state index contributed by atoms with van der Waals surface area (Å²) < 4.78 is 3.44. The van der Waals surface area contributed by atoms with Crippen LogP contribution in [0.25, 0.3) is 20.8 Å². The van der Waals surface area contributed by atoms with E-state index in [4.69, 9.17) is 16.5 Å². The average molecular weight is 685 g/mol. The Hall–Kier alpha value is -4.30. The van der Waals surface area contributed by atoms with E-state index < -0.39 is 0 Å². The molecule has 0 unspecified atom stereocenters. The standard InChI is InChI=1S/C20H26N3S.2C10H16N2.CH4/c1-7-13-9-15(22(3)4)11-17-19(13)21-20-14(8-2)10-16(23(5)6)12-18(20)24-17;2*1-4-8-7-9(12(2)3)5-6-10(8)11;/h9-12H,7-8H2,1-6H3;2*5-7H,4,11H2,1-3H3;1H4/q+1;;;. The van der Waals surface area contributed by atoms with Gasteiger partial charge in [-0.3, -0.25) is 0 Å². The Balaban J connectivity index is 0.000000281. The number of nitrogens with two attached hydrogens (primary N) is 2. The quantitative estimate of drug-likeness (QED) is 0.103. The van der Waals surface area contributed by atoms with Crippen LogP contribution in [0, 0.1) is 0 Å². The van der Waals surface area contributed by atoms with Crippen LogP contribution in [0.1, 0.15) is 57.4 Å². The lowest BCUT2D eigenvalue weighted by molar-refractivity contribution is 0.811. The molecule has 0 saturated heterocycles. The maximum Gasteiger partial charge on any atom is 0.201 e. The second kappa shape index (κ2) is 18.5. The van der Waals surface area contributed by atoms with Crippen molar-refractivity contribution in [2.75, 3.05) is 82.5 Å². The first kappa shape index (κ1) is 40.9. The third kappa shape index (κ3) is 10.3. The van der Waals surface area contributed by atoms with Crippen LogP contribution in [0.3, 0.4) is 0 Å². The molecule has 1 aliphatic heterocycles. The Morgan fingerprint density at radius 2 is 1.04 bits per heavy atom. The first-order valence-electron chi connectivity index (χ1n) is 16.9. The van der Waals surface area contributed by atoms with Gasteiger partial charge in [0.15, 0.2) is 0 Å². The molecule has 0 amide bonds. The zero-order valence-electron chi connectivity index (χ0n) is 31.4. The maximum absolute atomic E-state index is 5.78. The summed E-state index contributed by atoms with van der Waals surface area (Å²) in [6.07, 6.45) is 3.99. The van der Waals surface area contributed by atoms with Crippen molar-refractivity contribution in [2.24, 2.45) is 0 Å². The van der Waals surface area contributed by atoms with E-state index in [0.29, 0.717) is 0 Å². The van der Waals surface area contributed by atoms with Gasteiger partial charge >= 0.3 is 0 Å². The molecule has 266 valence electrons. The second-order valence-corrected chi connectivity index (χ2v) is 14.0. The Labute approximate surface area is 300 Å². The lowest BCUT2D eigenvalue weighted by Gasteiger charge is -2.17. The Kier molecular flexibility index (Phi) is 15.4. The maximum atomic E-state index is 5.78. The normalized spacial score (nSPS) is 10.4. The molecule has 3 aromatic rings. The van der Waals surface area contributed by atoms with Crippen molar-refractivity contribution in [2.45, 2.75) is 60.8 Å². The van der Waals surface area contributed by atoms with Gasteiger partial charge in [-0.15, -0.1) is 11.3 Å². The van der Waals surface area contributed by atoms with E-state index in [0.717, 1.165) is 48.3 Å². The lowest BCUT2D eigenvalue weighted by atomic mass is 10.1. The molecule has 49 heavy (non-hydrogen) atoms. The molecule has 2 aliphatic rings. The van der Waals surface area contributed by atoms with E-state index in [9.17, 15) is 0 Å². The molecule has 4 N–H and O–H groups in total. The summed E-state index contributed by atoms with van der Waals surface area (Å²) in [7, 11) is 16.5. The van der Waals surface area contributed by atoms with Gasteiger partial charge in [0.1, 0.15) is 14.1 Å². The lowest BCUT2D eigenvalue weighted by Crippen LogP contribution is -2.22. The van der Waals surface area contributed by atoms with E-state index in [2.05, 4.69) is 112 Å². The molecular weight excluding hydrogens is 623 g/mol. The number of aryl methyl sites for hydroxylation is 4. The number of benzene rings is 4. The summed E-state index contributed by atoms with van der Waals surface area (Å²) in [6.45, 7) is 8.65. The van der Waals surface area contributed by atoms with Gasteiger partial charge in [0.2, 0.25) is 5.36 Å². The van der Waals surface area contributed by atoms with E-state index in [-0.39, 0.29) is 7.43 Å². The van der Waals surface area contributed by atoms with Crippen LogP contribution in [-0.2, 0) is 25.7 Å². The molecule has 0 aromatic heterocycles. The van der Waals surface area contributed by atoms with Crippen LogP contribution in [0.5, 0.6) is 0 Å². The van der Waals surface area contributed by atoms with Crippen LogP contribution in [0.2, 0.25) is 0 Å². The molecule has 3 aromatic carbocycles. The highest BCUT2D eigenvalue weighted by Gasteiger charge is 2.16. The minimum absolute atomic E-state index is 0. The molecule has 0 atom stereocenters. The number of nitrogens with zero attached hydrogens (tertiary/aromatic N) is 5. The zero-order valence-corrected chi connectivity index (χ0v) is 32.2. The fraction of sp³-hybridized carbons (Fsp3) is 0.415. The van der Waals surface area contributed by atoms with Crippen molar-refractivity contribution < 1.29 is 0 Å². The van der Waals surface area contributed by atoms with Gasteiger partial charge in [-0.1, -0.05) is 35.1 Å². The summed E-state index contributed by atoms with van der Waals surface area (Å²) in [4.78, 5) is 12.7. The summed E-state index contributed by atoms with van der Waals surface area (Å²) in [6, 6.07) is 21.3. The summed E-state index contributed by atoms with van der Waals surface area (Å²) >= 11 is 1.86. The Bertz CT molecular complexity index is 1790. The van der Waals surface area contributed by atoms with Crippen LogP contribution in [0.15, 0.2) is 60.7 Å². The molecule has 7 nitrogen and oxygen atoms in total. The SMILES string of the molecule is C.CCc1cc(=[N+](C)C)cc2sc3cc(N(C)C)cc(CC)c3nc1-2.CCc1cc(N(C)C)ccc1N.CCc1cc(N(C)C)ccc1N. The van der Waals surface area contributed by atoms with Gasteiger partial charge in [-0.05, 0) is 96.5 Å². The van der Waals surface area contributed by atoms with Gasteiger partial charge in [-0.2, -0.15) is 0 Å².